The maximum absolute atomic E-state index is 10.9. The molecule has 1 aliphatic carbocycles. The molecule has 114 valence electrons. The Morgan fingerprint density at radius 3 is 2.52 bits per heavy atom. The van der Waals surface area contributed by atoms with E-state index in [2.05, 4.69) is 10.5 Å². The first-order valence-corrected chi connectivity index (χ1v) is 7.49. The molecular formula is C16H23N3O2. The third-order valence-corrected chi connectivity index (χ3v) is 4.01. The van der Waals surface area contributed by atoms with Crippen molar-refractivity contribution in [2.45, 2.75) is 50.5 Å². The number of hydrazone groups is 1. The molecule has 1 fully saturated rings. The average molecular weight is 289 g/mol. The van der Waals surface area contributed by atoms with Crippen LogP contribution in [0.2, 0.25) is 0 Å². The zero-order valence-electron chi connectivity index (χ0n) is 12.2. The number of carbonyl (C=O) groups is 1. The van der Waals surface area contributed by atoms with Crippen LogP contribution >= 0.6 is 0 Å². The lowest BCUT2D eigenvalue weighted by Crippen LogP contribution is -2.42. The normalized spacial score (nSPS) is 18.2. The van der Waals surface area contributed by atoms with Crippen LogP contribution in [0.5, 0.6) is 0 Å². The van der Waals surface area contributed by atoms with E-state index in [1.807, 2.05) is 30.3 Å². The summed E-state index contributed by atoms with van der Waals surface area (Å²) < 4.78 is 0. The molecule has 0 aliphatic heterocycles. The fraction of sp³-hybridized carbons (Fsp3) is 0.500. The summed E-state index contributed by atoms with van der Waals surface area (Å²) in [5, 5.41) is 14.9. The van der Waals surface area contributed by atoms with Crippen LogP contribution in [0.1, 0.15) is 44.1 Å². The quantitative estimate of drug-likeness (QED) is 0.574. The van der Waals surface area contributed by atoms with E-state index in [0.29, 0.717) is 25.0 Å². The van der Waals surface area contributed by atoms with Crippen molar-refractivity contribution in [1.29, 1.82) is 0 Å². The minimum Gasteiger partial charge on any atom is -0.384 e. The molecular weight excluding hydrogens is 266 g/mol. The first kappa shape index (κ1) is 15.5. The topological polar surface area (TPSA) is 87.7 Å². The van der Waals surface area contributed by atoms with Crippen LogP contribution in [-0.4, -0.2) is 22.5 Å². The molecule has 0 atom stereocenters. The monoisotopic (exact) mass is 289 g/mol. The molecule has 0 saturated heterocycles. The maximum Gasteiger partial charge on any atom is 0.332 e. The Labute approximate surface area is 125 Å². The smallest absolute Gasteiger partial charge is 0.332 e. The summed E-state index contributed by atoms with van der Waals surface area (Å²) in [5.41, 5.74) is 8.26. The maximum atomic E-state index is 10.9. The van der Waals surface area contributed by atoms with Crippen LogP contribution in [0, 0.1) is 0 Å². The number of nitrogens with one attached hydrogen (secondary N) is 1. The fourth-order valence-electron chi connectivity index (χ4n) is 2.85. The van der Waals surface area contributed by atoms with E-state index in [1.165, 1.54) is 5.56 Å². The predicted octanol–water partition coefficient (Wildman–Crippen LogP) is 2.34. The third kappa shape index (κ3) is 4.56. The molecule has 1 aliphatic rings. The van der Waals surface area contributed by atoms with E-state index >= 15 is 0 Å². The van der Waals surface area contributed by atoms with Gasteiger partial charge in [-0.3, -0.25) is 0 Å². The molecule has 5 heteroatoms. The Morgan fingerprint density at radius 1 is 1.24 bits per heavy atom. The molecule has 0 unspecified atom stereocenters. The molecule has 5 nitrogen and oxygen atoms in total. The second-order valence-corrected chi connectivity index (χ2v) is 5.61. The minimum absolute atomic E-state index is 0.612. The number of aryl methyl sites for hydroxylation is 1. The van der Waals surface area contributed by atoms with Crippen molar-refractivity contribution >= 4 is 11.7 Å². The van der Waals surface area contributed by atoms with E-state index < -0.39 is 11.6 Å². The van der Waals surface area contributed by atoms with Gasteiger partial charge in [-0.2, -0.15) is 5.10 Å². The highest BCUT2D eigenvalue weighted by Crippen LogP contribution is 2.30. The van der Waals surface area contributed by atoms with Gasteiger partial charge in [-0.1, -0.05) is 49.6 Å². The van der Waals surface area contributed by atoms with Crippen molar-refractivity contribution in [3.8, 4) is 0 Å². The number of hydrogen-bond acceptors (Lipinski definition) is 3. The van der Waals surface area contributed by atoms with Gasteiger partial charge in [0.05, 0.1) is 5.71 Å². The second-order valence-electron chi connectivity index (χ2n) is 5.61. The van der Waals surface area contributed by atoms with Crippen molar-refractivity contribution in [3.63, 3.8) is 0 Å². The van der Waals surface area contributed by atoms with E-state index in [4.69, 9.17) is 5.73 Å². The largest absolute Gasteiger partial charge is 0.384 e. The van der Waals surface area contributed by atoms with Crippen LogP contribution in [0.3, 0.4) is 0 Å². The van der Waals surface area contributed by atoms with Crippen LogP contribution in [0.25, 0.3) is 0 Å². The average Bonchev–Trinajstić information content (AvgIpc) is 2.48. The Hall–Kier alpha value is -1.88. The van der Waals surface area contributed by atoms with Crippen molar-refractivity contribution in [2.24, 2.45) is 10.8 Å². The summed E-state index contributed by atoms with van der Waals surface area (Å²) in [6.07, 6.45) is 5.89. The summed E-state index contributed by atoms with van der Waals surface area (Å²) in [5.74, 6) is 0. The third-order valence-electron chi connectivity index (χ3n) is 4.01. The number of amides is 2. The number of primary amides is 1. The van der Waals surface area contributed by atoms with Gasteiger partial charge in [0.15, 0.2) is 0 Å². The summed E-state index contributed by atoms with van der Waals surface area (Å²) >= 11 is 0. The Balaban J connectivity index is 2.08. The highest BCUT2D eigenvalue weighted by Gasteiger charge is 2.34. The summed E-state index contributed by atoms with van der Waals surface area (Å²) in [6.45, 7) is 0. The highest BCUT2D eigenvalue weighted by atomic mass is 16.3. The zero-order chi connectivity index (χ0) is 15.1. The molecule has 2 amide bonds. The lowest BCUT2D eigenvalue weighted by Gasteiger charge is -2.33. The van der Waals surface area contributed by atoms with Gasteiger partial charge >= 0.3 is 6.03 Å². The molecule has 0 radical (unpaired) electrons. The number of nitrogens with zero attached hydrogens (tertiary/aromatic N) is 1. The van der Waals surface area contributed by atoms with Gasteiger partial charge in [0, 0.05) is 0 Å². The van der Waals surface area contributed by atoms with Gasteiger partial charge < -0.3 is 10.8 Å². The number of aliphatic hydroxyl groups is 1. The lowest BCUT2D eigenvalue weighted by molar-refractivity contribution is 0.0684. The van der Waals surface area contributed by atoms with E-state index in [9.17, 15) is 9.90 Å². The Morgan fingerprint density at radius 2 is 1.90 bits per heavy atom. The number of benzene rings is 1. The van der Waals surface area contributed by atoms with Gasteiger partial charge in [0.25, 0.3) is 0 Å². The predicted molar refractivity (Wildman–Crippen MR) is 83.0 cm³/mol. The van der Waals surface area contributed by atoms with E-state index in [0.717, 1.165) is 25.7 Å². The molecule has 0 bridgehead atoms. The summed E-state index contributed by atoms with van der Waals surface area (Å²) in [6, 6.07) is 9.34. The molecule has 2 rings (SSSR count). The molecule has 1 aromatic rings. The van der Waals surface area contributed by atoms with Crippen molar-refractivity contribution in [3.05, 3.63) is 35.9 Å². The van der Waals surface area contributed by atoms with Gasteiger partial charge in [0.2, 0.25) is 0 Å². The first-order valence-electron chi connectivity index (χ1n) is 7.49. The minimum atomic E-state index is -0.907. The molecule has 0 heterocycles. The molecule has 4 N–H and O–H groups in total. The van der Waals surface area contributed by atoms with Gasteiger partial charge in [-0.05, 0) is 31.2 Å². The van der Waals surface area contributed by atoms with Crippen molar-refractivity contribution in [1.82, 2.24) is 5.43 Å². The molecule has 1 saturated carbocycles. The highest BCUT2D eigenvalue weighted by molar-refractivity contribution is 5.93. The summed E-state index contributed by atoms with van der Waals surface area (Å²) in [4.78, 5) is 10.9. The number of urea groups is 1. The molecule has 1 aromatic carbocycles. The van der Waals surface area contributed by atoms with Gasteiger partial charge in [-0.25, -0.2) is 10.2 Å². The zero-order valence-corrected chi connectivity index (χ0v) is 12.2. The van der Waals surface area contributed by atoms with Crippen LogP contribution < -0.4 is 11.2 Å². The molecule has 0 spiro atoms. The number of nitrogens with two attached hydrogens (primary N) is 1. The number of rotatable bonds is 5. The summed E-state index contributed by atoms with van der Waals surface area (Å²) in [7, 11) is 0. The second kappa shape index (κ2) is 7.22. The van der Waals surface area contributed by atoms with Crippen LogP contribution in [0.4, 0.5) is 4.79 Å². The fourth-order valence-corrected chi connectivity index (χ4v) is 2.85. The lowest BCUT2D eigenvalue weighted by atomic mass is 9.79. The SMILES string of the molecule is NC(=O)N/N=C(/CCc1ccccc1)C1(O)CCCCC1. The van der Waals surface area contributed by atoms with Gasteiger partial charge in [-0.15, -0.1) is 0 Å². The first-order chi connectivity index (χ1) is 10.1. The van der Waals surface area contributed by atoms with Crippen LogP contribution in [-0.2, 0) is 6.42 Å². The van der Waals surface area contributed by atoms with E-state index in [1.54, 1.807) is 0 Å². The molecule has 0 aromatic heterocycles. The van der Waals surface area contributed by atoms with Crippen LogP contribution in [0.15, 0.2) is 35.4 Å². The molecule has 21 heavy (non-hydrogen) atoms. The standard InChI is InChI=1S/C16H23N3O2/c17-15(20)19-18-14(16(21)11-5-2-6-12-16)10-9-13-7-3-1-4-8-13/h1,3-4,7-8,21H,2,5-6,9-12H2,(H3,17,19,20)/b18-14-. The number of carbonyl (C=O) groups excluding carboxylic acids is 1. The van der Waals surface area contributed by atoms with Gasteiger partial charge in [0.1, 0.15) is 5.60 Å². The van der Waals surface area contributed by atoms with Crippen molar-refractivity contribution in [2.75, 3.05) is 0 Å². The van der Waals surface area contributed by atoms with E-state index in [-0.39, 0.29) is 0 Å². The Kier molecular flexibility index (Phi) is 5.33. The Bertz CT molecular complexity index is 494. The number of hydrogen-bond donors (Lipinski definition) is 3. The van der Waals surface area contributed by atoms with Crippen molar-refractivity contribution < 1.29 is 9.90 Å².